The summed E-state index contributed by atoms with van der Waals surface area (Å²) < 4.78 is 18.6. The molecule has 120 valence electrons. The molecule has 0 bridgehead atoms. The minimum atomic E-state index is -1.46. The number of nitro groups is 1. The third-order valence-electron chi connectivity index (χ3n) is 3.11. The van der Waals surface area contributed by atoms with Crippen LogP contribution >= 0.6 is 0 Å². The van der Waals surface area contributed by atoms with E-state index in [1.54, 1.807) is 30.3 Å². The van der Waals surface area contributed by atoms with Crippen LogP contribution in [0.3, 0.4) is 0 Å². The second-order valence-electron chi connectivity index (χ2n) is 4.68. The maximum Gasteiger partial charge on any atom is 0.324 e. The summed E-state index contributed by atoms with van der Waals surface area (Å²) in [6.07, 6.45) is -1.17. The molecular formula is C15H13FN2O5. The van der Waals surface area contributed by atoms with Crippen LogP contribution in [0.4, 0.5) is 10.1 Å². The van der Waals surface area contributed by atoms with E-state index in [0.29, 0.717) is 11.6 Å². The average Bonchev–Trinajstić information content (AvgIpc) is 2.53. The smallest absolute Gasteiger partial charge is 0.324 e. The fourth-order valence-electron chi connectivity index (χ4n) is 1.99. The first-order valence-electron chi connectivity index (χ1n) is 6.54. The lowest BCUT2D eigenvalue weighted by molar-refractivity contribution is -0.386. The summed E-state index contributed by atoms with van der Waals surface area (Å²) >= 11 is 0. The van der Waals surface area contributed by atoms with Crippen molar-refractivity contribution >= 4 is 11.7 Å². The molecule has 2 rings (SSSR count). The zero-order chi connectivity index (χ0) is 17.0. The molecule has 0 aliphatic rings. The van der Waals surface area contributed by atoms with E-state index in [0.717, 1.165) is 12.1 Å². The first-order valence-corrected chi connectivity index (χ1v) is 6.54. The highest BCUT2D eigenvalue weighted by atomic mass is 19.1. The molecule has 2 aromatic carbocycles. The van der Waals surface area contributed by atoms with Gasteiger partial charge in [0.25, 0.3) is 0 Å². The number of nitro benzene ring substituents is 1. The van der Waals surface area contributed by atoms with Crippen LogP contribution in [-0.4, -0.2) is 22.0 Å². The summed E-state index contributed by atoms with van der Waals surface area (Å²) in [5.41, 5.74) is 5.45. The molecule has 2 aromatic rings. The minimum Gasteiger partial charge on any atom is -0.480 e. The van der Waals surface area contributed by atoms with Gasteiger partial charge in [0.05, 0.1) is 11.0 Å². The lowest BCUT2D eigenvalue weighted by Crippen LogP contribution is -2.39. The third-order valence-corrected chi connectivity index (χ3v) is 3.11. The Hall–Kier alpha value is -3.00. The van der Waals surface area contributed by atoms with Crippen molar-refractivity contribution in [3.05, 3.63) is 70.0 Å². The third kappa shape index (κ3) is 3.80. The van der Waals surface area contributed by atoms with E-state index in [1.165, 1.54) is 0 Å². The molecule has 0 aliphatic heterocycles. The number of rotatable bonds is 6. The van der Waals surface area contributed by atoms with Crippen LogP contribution in [0.15, 0.2) is 48.5 Å². The van der Waals surface area contributed by atoms with E-state index < -0.39 is 34.5 Å². The van der Waals surface area contributed by atoms with Crippen molar-refractivity contribution in [2.24, 2.45) is 5.73 Å². The number of ether oxygens (including phenoxy) is 1. The van der Waals surface area contributed by atoms with Crippen LogP contribution < -0.4 is 10.5 Å². The Bertz CT molecular complexity index is 723. The largest absolute Gasteiger partial charge is 0.480 e. The van der Waals surface area contributed by atoms with Crippen LogP contribution in [0.1, 0.15) is 11.7 Å². The molecule has 8 heteroatoms. The van der Waals surface area contributed by atoms with Gasteiger partial charge in [-0.1, -0.05) is 30.3 Å². The predicted octanol–water partition coefficient (Wildman–Crippen LogP) is 2.27. The lowest BCUT2D eigenvalue weighted by atomic mass is 10.0. The molecule has 0 fully saturated rings. The van der Waals surface area contributed by atoms with Crippen molar-refractivity contribution in [3.8, 4) is 5.75 Å². The maximum atomic E-state index is 13.2. The van der Waals surface area contributed by atoms with E-state index in [-0.39, 0.29) is 5.75 Å². The topological polar surface area (TPSA) is 116 Å². The first-order chi connectivity index (χ1) is 10.9. The lowest BCUT2D eigenvalue weighted by Gasteiger charge is -2.22. The minimum absolute atomic E-state index is 0.262. The molecule has 23 heavy (non-hydrogen) atoms. The zero-order valence-corrected chi connectivity index (χ0v) is 11.8. The van der Waals surface area contributed by atoms with Crippen molar-refractivity contribution in [3.63, 3.8) is 0 Å². The Morgan fingerprint density at radius 1 is 1.26 bits per heavy atom. The fraction of sp³-hybridized carbons (Fsp3) is 0.133. The fourth-order valence-corrected chi connectivity index (χ4v) is 1.99. The standard InChI is InChI=1S/C15H13FN2O5/c16-10-6-7-12(11(8-10)18(21)22)23-14(13(17)15(19)20)9-4-2-1-3-5-9/h1-8,13-14H,17H2,(H,19,20). The summed E-state index contributed by atoms with van der Waals surface area (Å²) in [7, 11) is 0. The van der Waals surface area contributed by atoms with Crippen LogP contribution in [0.2, 0.25) is 0 Å². The molecule has 2 unspecified atom stereocenters. The quantitative estimate of drug-likeness (QED) is 0.623. The number of hydrogen-bond acceptors (Lipinski definition) is 5. The van der Waals surface area contributed by atoms with E-state index in [4.69, 9.17) is 15.6 Å². The van der Waals surface area contributed by atoms with Gasteiger partial charge in [-0.3, -0.25) is 14.9 Å². The van der Waals surface area contributed by atoms with Gasteiger partial charge in [0.15, 0.2) is 5.75 Å². The Kier molecular flexibility index (Phi) is 4.87. The number of carboxylic acid groups (broad SMARTS) is 1. The molecule has 0 saturated carbocycles. The van der Waals surface area contributed by atoms with Crippen molar-refractivity contribution in [2.75, 3.05) is 0 Å². The SMILES string of the molecule is NC(C(=O)O)C(Oc1ccc(F)cc1[N+](=O)[O-])c1ccccc1. The molecule has 0 radical (unpaired) electrons. The highest BCUT2D eigenvalue weighted by molar-refractivity contribution is 5.74. The summed E-state index contributed by atoms with van der Waals surface area (Å²) in [5.74, 6) is -2.39. The van der Waals surface area contributed by atoms with E-state index in [9.17, 15) is 19.3 Å². The maximum absolute atomic E-state index is 13.2. The second kappa shape index (κ2) is 6.84. The number of nitrogens with two attached hydrogens (primary N) is 1. The first kappa shape index (κ1) is 16.4. The van der Waals surface area contributed by atoms with Gasteiger partial charge < -0.3 is 15.6 Å². The van der Waals surface area contributed by atoms with E-state index in [1.807, 2.05) is 0 Å². The van der Waals surface area contributed by atoms with Crippen molar-refractivity contribution < 1.29 is 24.0 Å². The molecule has 0 heterocycles. The van der Waals surface area contributed by atoms with Gasteiger partial charge in [-0.15, -0.1) is 0 Å². The molecule has 3 N–H and O–H groups in total. The van der Waals surface area contributed by atoms with Gasteiger partial charge in [0.2, 0.25) is 0 Å². The van der Waals surface area contributed by atoms with Gasteiger partial charge in [-0.25, -0.2) is 4.39 Å². The van der Waals surface area contributed by atoms with E-state index >= 15 is 0 Å². The molecule has 0 saturated heterocycles. The van der Waals surface area contributed by atoms with Crippen molar-refractivity contribution in [1.29, 1.82) is 0 Å². The molecule has 7 nitrogen and oxygen atoms in total. The van der Waals surface area contributed by atoms with Gasteiger partial charge in [0, 0.05) is 0 Å². The number of benzene rings is 2. The number of hydrogen-bond donors (Lipinski definition) is 2. The molecule has 0 aliphatic carbocycles. The van der Waals surface area contributed by atoms with Crippen LogP contribution in [0.5, 0.6) is 5.75 Å². The Morgan fingerprint density at radius 3 is 2.48 bits per heavy atom. The predicted molar refractivity (Wildman–Crippen MR) is 78.5 cm³/mol. The molecular weight excluding hydrogens is 307 g/mol. The number of carboxylic acids is 1. The number of aliphatic carboxylic acids is 1. The summed E-state index contributed by atoms with van der Waals surface area (Å²) in [4.78, 5) is 21.4. The average molecular weight is 320 g/mol. The van der Waals surface area contributed by atoms with Gasteiger partial charge in [-0.2, -0.15) is 0 Å². The zero-order valence-electron chi connectivity index (χ0n) is 11.8. The highest BCUT2D eigenvalue weighted by Gasteiger charge is 2.30. The second-order valence-corrected chi connectivity index (χ2v) is 4.68. The molecule has 2 atom stereocenters. The molecule has 0 spiro atoms. The molecule has 0 amide bonds. The van der Waals surface area contributed by atoms with E-state index in [2.05, 4.69) is 0 Å². The number of carbonyl (C=O) groups is 1. The van der Waals surface area contributed by atoms with Crippen LogP contribution in [0, 0.1) is 15.9 Å². The van der Waals surface area contributed by atoms with Crippen LogP contribution in [-0.2, 0) is 4.79 Å². The number of nitrogens with zero attached hydrogens (tertiary/aromatic N) is 1. The van der Waals surface area contributed by atoms with Gasteiger partial charge in [-0.05, 0) is 17.7 Å². The molecule has 0 aromatic heterocycles. The Labute approximate surface area is 130 Å². The normalized spacial score (nSPS) is 13.1. The summed E-state index contributed by atoms with van der Waals surface area (Å²) in [6, 6.07) is 9.48. The monoisotopic (exact) mass is 320 g/mol. The highest BCUT2D eigenvalue weighted by Crippen LogP contribution is 2.32. The summed E-state index contributed by atoms with van der Waals surface area (Å²) in [6.45, 7) is 0. The number of halogens is 1. The Balaban J connectivity index is 2.43. The van der Waals surface area contributed by atoms with Gasteiger partial charge >= 0.3 is 11.7 Å². The van der Waals surface area contributed by atoms with Crippen molar-refractivity contribution in [2.45, 2.75) is 12.1 Å². The van der Waals surface area contributed by atoms with Crippen LogP contribution in [0.25, 0.3) is 0 Å². The Morgan fingerprint density at radius 2 is 1.91 bits per heavy atom. The van der Waals surface area contributed by atoms with Gasteiger partial charge in [0.1, 0.15) is 18.0 Å². The summed E-state index contributed by atoms with van der Waals surface area (Å²) in [5, 5.41) is 20.1. The van der Waals surface area contributed by atoms with Crippen molar-refractivity contribution in [1.82, 2.24) is 0 Å².